The SMILES string of the molecule is CC1(C)CC2=C3C(C1)N=NC(=O)C1C=CC=C(C31)N2CC1CO1. The maximum absolute atomic E-state index is 12.5. The van der Waals surface area contributed by atoms with Gasteiger partial charge in [0.2, 0.25) is 0 Å². The molecule has 5 nitrogen and oxygen atoms in total. The van der Waals surface area contributed by atoms with Gasteiger partial charge in [0, 0.05) is 17.3 Å². The number of rotatable bonds is 2. The highest BCUT2D eigenvalue weighted by Gasteiger charge is 2.52. The van der Waals surface area contributed by atoms with Crippen molar-refractivity contribution in [2.45, 2.75) is 38.8 Å². The Kier molecular flexibility index (Phi) is 2.62. The average molecular weight is 311 g/mol. The van der Waals surface area contributed by atoms with Gasteiger partial charge in [0.1, 0.15) is 0 Å². The van der Waals surface area contributed by atoms with E-state index >= 15 is 0 Å². The van der Waals surface area contributed by atoms with Crippen LogP contribution in [0.3, 0.4) is 0 Å². The molecule has 5 heteroatoms. The van der Waals surface area contributed by atoms with E-state index in [1.807, 2.05) is 12.2 Å². The lowest BCUT2D eigenvalue weighted by Crippen LogP contribution is -2.32. The number of epoxide rings is 1. The molecule has 0 saturated carbocycles. The summed E-state index contributed by atoms with van der Waals surface area (Å²) in [7, 11) is 0. The fraction of sp³-hybridized carbons (Fsp3) is 0.611. The number of azo groups is 1. The minimum absolute atomic E-state index is 0.0488. The third-order valence-electron chi connectivity index (χ3n) is 5.69. The summed E-state index contributed by atoms with van der Waals surface area (Å²) in [5.74, 6) is -0.141. The van der Waals surface area contributed by atoms with Crippen LogP contribution in [0, 0.1) is 17.3 Å². The summed E-state index contributed by atoms with van der Waals surface area (Å²) < 4.78 is 5.48. The topological polar surface area (TPSA) is 57.6 Å². The van der Waals surface area contributed by atoms with Crippen LogP contribution in [-0.4, -0.2) is 36.1 Å². The summed E-state index contributed by atoms with van der Waals surface area (Å²) in [6.45, 7) is 6.32. The van der Waals surface area contributed by atoms with E-state index in [9.17, 15) is 4.79 Å². The first-order valence-electron chi connectivity index (χ1n) is 8.49. The van der Waals surface area contributed by atoms with Gasteiger partial charge in [-0.2, -0.15) is 5.11 Å². The van der Waals surface area contributed by atoms with Crippen LogP contribution in [0.15, 0.2) is 45.4 Å². The van der Waals surface area contributed by atoms with Gasteiger partial charge in [-0.05, 0) is 29.9 Å². The Morgan fingerprint density at radius 2 is 2.26 bits per heavy atom. The second kappa shape index (κ2) is 4.41. The molecule has 0 bridgehead atoms. The fourth-order valence-corrected chi connectivity index (χ4v) is 4.64. The van der Waals surface area contributed by atoms with Gasteiger partial charge in [-0.3, -0.25) is 4.79 Å². The summed E-state index contributed by atoms with van der Waals surface area (Å²) in [6.07, 6.45) is 8.52. The maximum Gasteiger partial charge on any atom is 0.272 e. The number of ether oxygens (including phenoxy) is 1. The smallest absolute Gasteiger partial charge is 0.272 e. The van der Waals surface area contributed by atoms with Gasteiger partial charge in [0.15, 0.2) is 0 Å². The lowest BCUT2D eigenvalue weighted by Gasteiger charge is -2.36. The number of hydrogen-bond acceptors (Lipinski definition) is 4. The van der Waals surface area contributed by atoms with Gasteiger partial charge in [0.05, 0.1) is 31.2 Å². The maximum atomic E-state index is 12.5. The highest BCUT2D eigenvalue weighted by Crippen LogP contribution is 2.55. The van der Waals surface area contributed by atoms with E-state index in [2.05, 4.69) is 35.1 Å². The van der Waals surface area contributed by atoms with E-state index in [0.29, 0.717) is 6.10 Å². The first kappa shape index (κ1) is 13.7. The van der Waals surface area contributed by atoms with E-state index in [-0.39, 0.29) is 29.2 Å². The van der Waals surface area contributed by atoms with Crippen LogP contribution >= 0.6 is 0 Å². The highest BCUT2D eigenvalue weighted by atomic mass is 16.6. The van der Waals surface area contributed by atoms with E-state index in [1.54, 1.807) is 0 Å². The zero-order valence-electron chi connectivity index (χ0n) is 13.5. The highest BCUT2D eigenvalue weighted by molar-refractivity contribution is 5.83. The number of allylic oxidation sites excluding steroid dienone is 4. The van der Waals surface area contributed by atoms with Crippen LogP contribution in [0.4, 0.5) is 0 Å². The van der Waals surface area contributed by atoms with Gasteiger partial charge in [-0.15, -0.1) is 5.11 Å². The lowest BCUT2D eigenvalue weighted by atomic mass is 9.70. The second-order valence-electron chi connectivity index (χ2n) is 8.06. The minimum atomic E-state index is -0.180. The van der Waals surface area contributed by atoms with E-state index in [1.165, 1.54) is 17.0 Å². The van der Waals surface area contributed by atoms with Crippen molar-refractivity contribution >= 4 is 5.91 Å². The molecule has 4 unspecified atom stereocenters. The van der Waals surface area contributed by atoms with Crippen LogP contribution in [0.25, 0.3) is 0 Å². The van der Waals surface area contributed by atoms with Crippen molar-refractivity contribution in [1.29, 1.82) is 0 Å². The van der Waals surface area contributed by atoms with Crippen molar-refractivity contribution in [1.82, 2.24) is 4.90 Å². The first-order chi connectivity index (χ1) is 11.0. The van der Waals surface area contributed by atoms with Gasteiger partial charge in [-0.1, -0.05) is 26.0 Å². The monoisotopic (exact) mass is 311 g/mol. The van der Waals surface area contributed by atoms with Gasteiger partial charge in [0.25, 0.3) is 5.91 Å². The summed E-state index contributed by atoms with van der Waals surface area (Å²) in [4.78, 5) is 14.9. The molecule has 120 valence electrons. The van der Waals surface area contributed by atoms with Crippen molar-refractivity contribution in [3.05, 3.63) is 35.2 Å². The molecule has 1 amide bonds. The normalized spacial score (nSPS) is 39.3. The van der Waals surface area contributed by atoms with Crippen molar-refractivity contribution in [3.8, 4) is 0 Å². The molecule has 0 radical (unpaired) electrons. The van der Waals surface area contributed by atoms with Crippen LogP contribution in [0.2, 0.25) is 0 Å². The molecule has 5 rings (SSSR count). The van der Waals surface area contributed by atoms with Crippen LogP contribution in [-0.2, 0) is 9.53 Å². The predicted octanol–water partition coefficient (Wildman–Crippen LogP) is 2.82. The molecule has 0 aromatic carbocycles. The largest absolute Gasteiger partial charge is 0.371 e. The summed E-state index contributed by atoms with van der Waals surface area (Å²) in [6, 6.07) is 0.0488. The second-order valence-corrected chi connectivity index (χ2v) is 8.06. The molecule has 0 aromatic rings. The number of amides is 1. The third kappa shape index (κ3) is 1.99. The molecule has 3 heterocycles. The Hall–Kier alpha value is -1.75. The quantitative estimate of drug-likeness (QED) is 0.737. The van der Waals surface area contributed by atoms with Crippen molar-refractivity contribution < 1.29 is 9.53 Å². The van der Waals surface area contributed by atoms with E-state index in [4.69, 9.17) is 4.74 Å². The Balaban J connectivity index is 1.68. The third-order valence-corrected chi connectivity index (χ3v) is 5.69. The van der Waals surface area contributed by atoms with Crippen molar-refractivity contribution in [2.75, 3.05) is 13.2 Å². The van der Waals surface area contributed by atoms with Crippen LogP contribution in [0.1, 0.15) is 26.7 Å². The van der Waals surface area contributed by atoms with E-state index in [0.717, 1.165) is 26.0 Å². The Labute approximate surface area is 135 Å². The van der Waals surface area contributed by atoms with Crippen LogP contribution in [0.5, 0.6) is 0 Å². The molecule has 4 atom stereocenters. The van der Waals surface area contributed by atoms with Gasteiger partial charge >= 0.3 is 0 Å². The molecule has 2 aliphatic carbocycles. The number of nitrogens with zero attached hydrogens (tertiary/aromatic N) is 3. The fourth-order valence-electron chi connectivity index (χ4n) is 4.64. The predicted molar refractivity (Wildman–Crippen MR) is 84.3 cm³/mol. The summed E-state index contributed by atoms with van der Waals surface area (Å²) in [5, 5.41) is 8.49. The number of carbonyl (C=O) groups is 1. The van der Waals surface area contributed by atoms with Gasteiger partial charge < -0.3 is 9.64 Å². The Morgan fingerprint density at radius 3 is 3.04 bits per heavy atom. The zero-order chi connectivity index (χ0) is 15.8. The number of hydrogen-bond donors (Lipinski definition) is 0. The molecular weight excluding hydrogens is 290 g/mol. The van der Waals surface area contributed by atoms with Crippen molar-refractivity contribution in [3.63, 3.8) is 0 Å². The molecule has 0 N–H and O–H groups in total. The van der Waals surface area contributed by atoms with E-state index < -0.39 is 0 Å². The molecule has 3 aliphatic heterocycles. The van der Waals surface area contributed by atoms with Gasteiger partial charge in [-0.25, -0.2) is 0 Å². The lowest BCUT2D eigenvalue weighted by molar-refractivity contribution is -0.121. The molecule has 1 saturated heterocycles. The molecule has 1 fully saturated rings. The first-order valence-corrected chi connectivity index (χ1v) is 8.49. The van der Waals surface area contributed by atoms with Crippen LogP contribution < -0.4 is 0 Å². The molecule has 5 aliphatic rings. The standard InChI is InChI=1S/C18H21N3O2/c1-18(2)6-12-16-14(7-18)21(8-10-9-23-10)13-5-3-4-11(15(13)16)17(22)20-19-12/h3-5,10-12,15H,6-9H2,1-2H3. The molecular formula is C18H21N3O2. The Morgan fingerprint density at radius 1 is 1.43 bits per heavy atom. The Bertz CT molecular complexity index is 712. The summed E-state index contributed by atoms with van der Waals surface area (Å²) >= 11 is 0. The van der Waals surface area contributed by atoms with Crippen molar-refractivity contribution in [2.24, 2.45) is 27.5 Å². The minimum Gasteiger partial charge on any atom is -0.371 e. The zero-order valence-corrected chi connectivity index (χ0v) is 13.5. The summed E-state index contributed by atoms with van der Waals surface area (Å²) in [5.41, 5.74) is 4.15. The molecule has 23 heavy (non-hydrogen) atoms. The number of carbonyl (C=O) groups excluding carboxylic acids is 1. The average Bonchev–Trinajstić information content (AvgIpc) is 3.28. The molecule has 0 aromatic heterocycles. The molecule has 0 spiro atoms.